The molecule has 0 spiro atoms. The quantitative estimate of drug-likeness (QED) is 0.747. The number of aromatic nitrogens is 4. The van der Waals surface area contributed by atoms with Gasteiger partial charge in [0.2, 0.25) is 0 Å². The van der Waals surface area contributed by atoms with Crippen molar-refractivity contribution in [2.24, 2.45) is 0 Å². The van der Waals surface area contributed by atoms with Gasteiger partial charge in [0, 0.05) is 17.0 Å². The van der Waals surface area contributed by atoms with Crippen molar-refractivity contribution < 1.29 is 4.79 Å². The van der Waals surface area contributed by atoms with Crippen LogP contribution in [0.3, 0.4) is 0 Å². The highest BCUT2D eigenvalue weighted by Crippen LogP contribution is 2.39. The van der Waals surface area contributed by atoms with Gasteiger partial charge in [-0.25, -0.2) is 0 Å². The molecule has 1 N–H and O–H groups in total. The standard InChI is InChI=1S/C22H25N5O/c1-14-5-7-15(8-6-14)17-11-18(21(28)23-22(2,3)4)13-19(12-17)27-20(16-9-10-16)24-25-26-27/h5-8,11-13,16H,9-10H2,1-4H3,(H,23,28). The van der Waals surface area contributed by atoms with Crippen LogP contribution in [0.5, 0.6) is 0 Å². The van der Waals surface area contributed by atoms with Gasteiger partial charge in [0.1, 0.15) is 0 Å². The van der Waals surface area contributed by atoms with Crippen LogP contribution in [0.1, 0.15) is 61.3 Å². The number of benzene rings is 2. The summed E-state index contributed by atoms with van der Waals surface area (Å²) in [5.41, 5.74) is 4.31. The first kappa shape index (κ1) is 18.3. The molecule has 1 aliphatic rings. The molecule has 0 radical (unpaired) electrons. The summed E-state index contributed by atoms with van der Waals surface area (Å²) in [6.07, 6.45) is 2.21. The predicted molar refractivity (Wildman–Crippen MR) is 109 cm³/mol. The maximum Gasteiger partial charge on any atom is 0.251 e. The Morgan fingerprint density at radius 2 is 1.79 bits per heavy atom. The molecule has 28 heavy (non-hydrogen) atoms. The number of nitrogens with one attached hydrogen (secondary N) is 1. The third kappa shape index (κ3) is 3.96. The molecule has 4 rings (SSSR count). The van der Waals surface area contributed by atoms with Crippen LogP contribution in [-0.2, 0) is 0 Å². The van der Waals surface area contributed by atoms with E-state index < -0.39 is 0 Å². The van der Waals surface area contributed by atoms with E-state index in [0.29, 0.717) is 11.5 Å². The summed E-state index contributed by atoms with van der Waals surface area (Å²) in [6.45, 7) is 7.98. The first-order chi connectivity index (χ1) is 13.3. The lowest BCUT2D eigenvalue weighted by atomic mass is 10.00. The second-order valence-electron chi connectivity index (χ2n) is 8.56. The zero-order valence-corrected chi connectivity index (χ0v) is 16.7. The zero-order valence-electron chi connectivity index (χ0n) is 16.7. The number of amides is 1. The third-order valence-electron chi connectivity index (χ3n) is 4.73. The fourth-order valence-corrected chi connectivity index (χ4v) is 3.16. The van der Waals surface area contributed by atoms with Crippen LogP contribution in [0.25, 0.3) is 16.8 Å². The van der Waals surface area contributed by atoms with E-state index in [2.05, 4.69) is 52.0 Å². The second kappa shape index (κ2) is 6.86. The molecular formula is C22H25N5O. The van der Waals surface area contributed by atoms with Crippen LogP contribution >= 0.6 is 0 Å². The maximum atomic E-state index is 12.9. The van der Waals surface area contributed by atoms with Crippen molar-refractivity contribution in [1.82, 2.24) is 25.5 Å². The van der Waals surface area contributed by atoms with Crippen molar-refractivity contribution >= 4 is 5.91 Å². The van der Waals surface area contributed by atoms with Crippen LogP contribution in [0, 0.1) is 6.92 Å². The van der Waals surface area contributed by atoms with Crippen molar-refractivity contribution in [3.63, 3.8) is 0 Å². The van der Waals surface area contributed by atoms with Crippen LogP contribution in [0.4, 0.5) is 0 Å². The molecule has 6 nitrogen and oxygen atoms in total. The number of hydrogen-bond acceptors (Lipinski definition) is 4. The average molecular weight is 375 g/mol. The molecule has 0 atom stereocenters. The molecule has 0 saturated heterocycles. The second-order valence-corrected chi connectivity index (χ2v) is 8.56. The topological polar surface area (TPSA) is 72.7 Å². The number of nitrogens with zero attached hydrogens (tertiary/aromatic N) is 4. The summed E-state index contributed by atoms with van der Waals surface area (Å²) in [5.74, 6) is 1.16. The Morgan fingerprint density at radius 3 is 2.43 bits per heavy atom. The van der Waals surface area contributed by atoms with Gasteiger partial charge in [0.05, 0.1) is 5.69 Å². The first-order valence-electron chi connectivity index (χ1n) is 9.63. The lowest BCUT2D eigenvalue weighted by Gasteiger charge is -2.21. The smallest absolute Gasteiger partial charge is 0.251 e. The molecule has 0 bridgehead atoms. The van der Waals surface area contributed by atoms with Gasteiger partial charge in [-0.3, -0.25) is 4.79 Å². The zero-order chi connectivity index (χ0) is 19.9. The lowest BCUT2D eigenvalue weighted by Crippen LogP contribution is -2.40. The predicted octanol–water partition coefficient (Wildman–Crippen LogP) is 4.04. The summed E-state index contributed by atoms with van der Waals surface area (Å²) < 4.78 is 1.77. The van der Waals surface area contributed by atoms with E-state index in [9.17, 15) is 4.79 Å². The summed E-state index contributed by atoms with van der Waals surface area (Å²) in [6, 6.07) is 14.1. The Bertz CT molecular complexity index is 1010. The molecule has 2 aromatic carbocycles. The molecule has 1 heterocycles. The van der Waals surface area contributed by atoms with Crippen molar-refractivity contribution in [1.29, 1.82) is 0 Å². The van der Waals surface area contributed by atoms with Gasteiger partial charge in [0.15, 0.2) is 5.82 Å². The molecule has 0 aliphatic heterocycles. The van der Waals surface area contributed by atoms with Crippen LogP contribution in [-0.4, -0.2) is 31.7 Å². The van der Waals surface area contributed by atoms with Gasteiger partial charge in [-0.05, 0) is 80.3 Å². The van der Waals surface area contributed by atoms with Crippen LogP contribution in [0.2, 0.25) is 0 Å². The Labute approximate surface area is 165 Å². The van der Waals surface area contributed by atoms with E-state index in [4.69, 9.17) is 0 Å². The molecule has 6 heteroatoms. The van der Waals surface area contributed by atoms with Gasteiger partial charge in [0.25, 0.3) is 5.91 Å². The number of rotatable bonds is 4. The Hall–Kier alpha value is -3.02. The molecular weight excluding hydrogens is 350 g/mol. The summed E-state index contributed by atoms with van der Waals surface area (Å²) in [7, 11) is 0. The van der Waals surface area contributed by atoms with Gasteiger partial charge in [-0.2, -0.15) is 4.68 Å². The lowest BCUT2D eigenvalue weighted by molar-refractivity contribution is 0.0919. The Morgan fingerprint density at radius 1 is 1.07 bits per heavy atom. The molecule has 1 amide bonds. The largest absolute Gasteiger partial charge is 0.347 e. The summed E-state index contributed by atoms with van der Waals surface area (Å²) in [5, 5.41) is 15.3. The van der Waals surface area contributed by atoms with E-state index in [-0.39, 0.29) is 11.4 Å². The minimum absolute atomic E-state index is 0.108. The molecule has 1 fully saturated rings. The monoisotopic (exact) mass is 375 g/mol. The number of tetrazole rings is 1. The van der Waals surface area contributed by atoms with Gasteiger partial charge >= 0.3 is 0 Å². The highest BCUT2D eigenvalue weighted by Gasteiger charge is 2.30. The van der Waals surface area contributed by atoms with E-state index in [1.165, 1.54) is 5.56 Å². The van der Waals surface area contributed by atoms with Crippen molar-refractivity contribution in [2.75, 3.05) is 0 Å². The fourth-order valence-electron chi connectivity index (χ4n) is 3.16. The van der Waals surface area contributed by atoms with Crippen molar-refractivity contribution in [3.8, 4) is 16.8 Å². The molecule has 1 saturated carbocycles. The first-order valence-corrected chi connectivity index (χ1v) is 9.63. The van der Waals surface area contributed by atoms with Crippen LogP contribution in [0.15, 0.2) is 42.5 Å². The molecule has 0 unspecified atom stereocenters. The fraction of sp³-hybridized carbons (Fsp3) is 0.364. The van der Waals surface area contributed by atoms with E-state index in [1.54, 1.807) is 4.68 Å². The number of carbonyl (C=O) groups is 1. The Kier molecular flexibility index (Phi) is 4.49. The SMILES string of the molecule is Cc1ccc(-c2cc(C(=O)NC(C)(C)C)cc(-n3nnnc3C3CC3)c2)cc1. The summed E-state index contributed by atoms with van der Waals surface area (Å²) in [4.78, 5) is 12.9. The number of aryl methyl sites for hydroxylation is 1. The van der Waals surface area contributed by atoms with E-state index in [0.717, 1.165) is 35.5 Å². The molecule has 1 aromatic heterocycles. The maximum absolute atomic E-state index is 12.9. The van der Waals surface area contributed by atoms with Crippen molar-refractivity contribution in [2.45, 2.75) is 52.0 Å². The third-order valence-corrected chi connectivity index (χ3v) is 4.73. The molecule has 144 valence electrons. The number of carbonyl (C=O) groups excluding carboxylic acids is 1. The normalized spacial score (nSPS) is 14.1. The minimum atomic E-state index is -0.314. The van der Waals surface area contributed by atoms with E-state index in [1.807, 2.05) is 39.0 Å². The Balaban J connectivity index is 1.82. The van der Waals surface area contributed by atoms with Crippen molar-refractivity contribution in [3.05, 3.63) is 59.4 Å². The minimum Gasteiger partial charge on any atom is -0.347 e. The van der Waals surface area contributed by atoms with Gasteiger partial charge < -0.3 is 5.32 Å². The molecule has 3 aromatic rings. The average Bonchev–Trinajstić information content (AvgIpc) is 3.37. The molecule has 1 aliphatic carbocycles. The van der Waals surface area contributed by atoms with Gasteiger partial charge in [-0.15, -0.1) is 5.10 Å². The van der Waals surface area contributed by atoms with Crippen LogP contribution < -0.4 is 5.32 Å². The highest BCUT2D eigenvalue weighted by atomic mass is 16.1. The number of hydrogen-bond donors (Lipinski definition) is 1. The van der Waals surface area contributed by atoms with E-state index >= 15 is 0 Å². The summed E-state index contributed by atoms with van der Waals surface area (Å²) >= 11 is 0. The van der Waals surface area contributed by atoms with Gasteiger partial charge in [-0.1, -0.05) is 29.8 Å². The highest BCUT2D eigenvalue weighted by molar-refractivity contribution is 5.96.